The van der Waals surface area contributed by atoms with Gasteiger partial charge in [0.25, 0.3) is 0 Å². The summed E-state index contributed by atoms with van der Waals surface area (Å²) in [5.74, 6) is 0.267. The maximum absolute atomic E-state index is 13.6. The molecule has 0 unspecified atom stereocenters. The average Bonchev–Trinajstić information content (AvgIpc) is 2.89. The maximum Gasteiger partial charge on any atom is 0.243 e. The van der Waals surface area contributed by atoms with E-state index >= 15 is 0 Å². The number of sulfonamides is 1. The van der Waals surface area contributed by atoms with E-state index in [0.29, 0.717) is 24.7 Å². The molecule has 1 aliphatic carbocycles. The van der Waals surface area contributed by atoms with E-state index in [1.165, 1.54) is 5.56 Å². The minimum Gasteiger partial charge on any atom is -0.352 e. The molecular formula is C29H33ClN2O3S. The van der Waals surface area contributed by atoms with Gasteiger partial charge < -0.3 is 5.32 Å². The molecule has 4 rings (SSSR count). The fraction of sp³-hybridized carbons (Fsp3) is 0.345. The Balaban J connectivity index is 1.38. The van der Waals surface area contributed by atoms with Crippen LogP contribution in [-0.2, 0) is 27.9 Å². The molecule has 190 valence electrons. The summed E-state index contributed by atoms with van der Waals surface area (Å²) in [6.07, 6.45) is 3.18. The third-order valence-corrected chi connectivity index (χ3v) is 9.00. The number of nitrogens with one attached hydrogen (secondary N) is 1. The summed E-state index contributed by atoms with van der Waals surface area (Å²) in [6, 6.07) is 24.2. The second kappa shape index (κ2) is 12.0. The van der Waals surface area contributed by atoms with Crippen molar-refractivity contribution in [3.63, 3.8) is 0 Å². The summed E-state index contributed by atoms with van der Waals surface area (Å²) in [5.41, 5.74) is 3.23. The molecule has 1 saturated carbocycles. The van der Waals surface area contributed by atoms with E-state index < -0.39 is 10.0 Å². The number of amides is 1. The normalized spacial score (nSPS) is 18.2. The number of nitrogens with zero attached hydrogens (tertiary/aromatic N) is 1. The van der Waals surface area contributed by atoms with Gasteiger partial charge in [0.2, 0.25) is 15.9 Å². The van der Waals surface area contributed by atoms with Crippen LogP contribution >= 0.6 is 11.6 Å². The molecule has 3 aromatic rings. The van der Waals surface area contributed by atoms with Crippen molar-refractivity contribution in [1.29, 1.82) is 0 Å². The first-order chi connectivity index (χ1) is 17.3. The molecular weight excluding hydrogens is 492 g/mol. The minimum absolute atomic E-state index is 0.0258. The standard InChI is InChI=1S/C29H33ClN2O3S/c1-22-7-9-23(10-8-22)19-31-29(33)26-13-11-25(12-14-26)21-32(20-24-5-3-2-4-6-24)36(34,35)28-17-15-27(30)16-18-28/h2-10,15-18,25-26H,11-14,19-21H2,1H3,(H,31,33). The fourth-order valence-electron chi connectivity index (χ4n) is 4.72. The van der Waals surface area contributed by atoms with E-state index in [4.69, 9.17) is 11.6 Å². The molecule has 0 bridgehead atoms. The predicted molar refractivity (Wildman–Crippen MR) is 144 cm³/mol. The number of halogens is 1. The van der Waals surface area contributed by atoms with Gasteiger partial charge in [0.15, 0.2) is 0 Å². The topological polar surface area (TPSA) is 66.5 Å². The van der Waals surface area contributed by atoms with Crippen molar-refractivity contribution >= 4 is 27.5 Å². The second-order valence-corrected chi connectivity index (χ2v) is 12.0. The van der Waals surface area contributed by atoms with Gasteiger partial charge in [-0.15, -0.1) is 0 Å². The molecule has 3 aromatic carbocycles. The minimum atomic E-state index is -3.69. The summed E-state index contributed by atoms with van der Waals surface area (Å²) in [4.78, 5) is 13.0. The van der Waals surface area contributed by atoms with Gasteiger partial charge in [-0.2, -0.15) is 4.31 Å². The Morgan fingerprint density at radius 2 is 1.53 bits per heavy atom. The van der Waals surface area contributed by atoms with Crippen LogP contribution in [0, 0.1) is 18.8 Å². The highest BCUT2D eigenvalue weighted by Crippen LogP contribution is 2.32. The first-order valence-corrected chi connectivity index (χ1v) is 14.3. The SMILES string of the molecule is Cc1ccc(CNC(=O)C2CCC(CN(Cc3ccccc3)S(=O)(=O)c3ccc(Cl)cc3)CC2)cc1. The van der Waals surface area contributed by atoms with Crippen molar-refractivity contribution in [1.82, 2.24) is 9.62 Å². The molecule has 7 heteroatoms. The molecule has 36 heavy (non-hydrogen) atoms. The quantitative estimate of drug-likeness (QED) is 0.375. The van der Waals surface area contributed by atoms with Crippen LogP contribution in [0.3, 0.4) is 0 Å². The predicted octanol–water partition coefficient (Wildman–Crippen LogP) is 5.96. The highest BCUT2D eigenvalue weighted by atomic mass is 35.5. The number of hydrogen-bond acceptors (Lipinski definition) is 3. The number of carbonyl (C=O) groups is 1. The lowest BCUT2D eigenvalue weighted by molar-refractivity contribution is -0.126. The van der Waals surface area contributed by atoms with Crippen molar-refractivity contribution in [2.24, 2.45) is 11.8 Å². The molecule has 0 aliphatic heterocycles. The van der Waals surface area contributed by atoms with Crippen molar-refractivity contribution in [2.75, 3.05) is 6.54 Å². The van der Waals surface area contributed by atoms with Gasteiger partial charge >= 0.3 is 0 Å². The Hall–Kier alpha value is -2.67. The Labute approximate surface area is 219 Å². The zero-order valence-corrected chi connectivity index (χ0v) is 22.1. The van der Waals surface area contributed by atoms with Gasteiger partial charge in [0.1, 0.15) is 0 Å². The molecule has 5 nitrogen and oxygen atoms in total. The zero-order chi connectivity index (χ0) is 25.5. The number of benzene rings is 3. The number of hydrogen-bond donors (Lipinski definition) is 1. The van der Waals surface area contributed by atoms with Gasteiger partial charge in [0.05, 0.1) is 4.90 Å². The Bertz CT molecular complexity index is 1240. The molecule has 0 spiro atoms. The fourth-order valence-corrected chi connectivity index (χ4v) is 6.36. The molecule has 1 fully saturated rings. The smallest absolute Gasteiger partial charge is 0.243 e. The van der Waals surface area contributed by atoms with Gasteiger partial charge in [-0.3, -0.25) is 4.79 Å². The zero-order valence-electron chi connectivity index (χ0n) is 20.6. The Morgan fingerprint density at radius 1 is 0.889 bits per heavy atom. The van der Waals surface area contributed by atoms with Crippen molar-refractivity contribution < 1.29 is 13.2 Å². The highest BCUT2D eigenvalue weighted by molar-refractivity contribution is 7.89. The highest BCUT2D eigenvalue weighted by Gasteiger charge is 2.31. The average molecular weight is 525 g/mol. The van der Waals surface area contributed by atoms with E-state index in [0.717, 1.165) is 36.8 Å². The number of aryl methyl sites for hydroxylation is 1. The second-order valence-electron chi connectivity index (χ2n) is 9.66. The van der Waals surface area contributed by atoms with E-state index in [9.17, 15) is 13.2 Å². The maximum atomic E-state index is 13.6. The summed E-state index contributed by atoms with van der Waals surface area (Å²) >= 11 is 5.99. The van der Waals surface area contributed by atoms with Gasteiger partial charge in [-0.25, -0.2) is 8.42 Å². The largest absolute Gasteiger partial charge is 0.352 e. The third kappa shape index (κ3) is 6.96. The third-order valence-electron chi connectivity index (χ3n) is 6.92. The van der Waals surface area contributed by atoms with E-state index in [-0.39, 0.29) is 22.6 Å². The molecule has 0 aromatic heterocycles. The lowest BCUT2D eigenvalue weighted by Gasteiger charge is -2.32. The molecule has 1 N–H and O–H groups in total. The molecule has 0 heterocycles. The van der Waals surface area contributed by atoms with Crippen molar-refractivity contribution in [3.05, 3.63) is 101 Å². The van der Waals surface area contributed by atoms with Crippen LogP contribution in [0.2, 0.25) is 5.02 Å². The molecule has 0 atom stereocenters. The van der Waals surface area contributed by atoms with Gasteiger partial charge in [-0.05, 0) is 73.9 Å². The van der Waals surface area contributed by atoms with Gasteiger partial charge in [0, 0.05) is 30.6 Å². The summed E-state index contributed by atoms with van der Waals surface area (Å²) in [6.45, 7) is 3.31. The molecule has 0 saturated heterocycles. The Morgan fingerprint density at radius 3 is 2.17 bits per heavy atom. The first kappa shape index (κ1) is 26.4. The lowest BCUT2D eigenvalue weighted by Crippen LogP contribution is -2.38. The summed E-state index contributed by atoms with van der Waals surface area (Å²) in [5, 5.41) is 3.57. The first-order valence-electron chi connectivity index (χ1n) is 12.4. The van der Waals surface area contributed by atoms with E-state index in [1.54, 1.807) is 28.6 Å². The molecule has 1 amide bonds. The van der Waals surface area contributed by atoms with Crippen LogP contribution in [0.1, 0.15) is 42.4 Å². The van der Waals surface area contributed by atoms with Crippen LogP contribution in [0.5, 0.6) is 0 Å². The van der Waals surface area contributed by atoms with Crippen LogP contribution in [-0.4, -0.2) is 25.2 Å². The Kier molecular flexibility index (Phi) is 8.83. The summed E-state index contributed by atoms with van der Waals surface area (Å²) < 4.78 is 28.7. The van der Waals surface area contributed by atoms with Crippen LogP contribution < -0.4 is 5.32 Å². The van der Waals surface area contributed by atoms with Crippen LogP contribution in [0.4, 0.5) is 0 Å². The molecule has 1 aliphatic rings. The molecule has 0 radical (unpaired) electrons. The van der Waals surface area contributed by atoms with Gasteiger partial charge in [-0.1, -0.05) is 71.8 Å². The van der Waals surface area contributed by atoms with Crippen LogP contribution in [0.15, 0.2) is 83.8 Å². The van der Waals surface area contributed by atoms with E-state index in [1.807, 2.05) is 61.5 Å². The van der Waals surface area contributed by atoms with Crippen molar-refractivity contribution in [2.45, 2.75) is 50.6 Å². The number of rotatable bonds is 9. The number of carbonyl (C=O) groups excluding carboxylic acids is 1. The van der Waals surface area contributed by atoms with Crippen LogP contribution in [0.25, 0.3) is 0 Å². The van der Waals surface area contributed by atoms with Crippen molar-refractivity contribution in [3.8, 4) is 0 Å². The van der Waals surface area contributed by atoms with E-state index in [2.05, 4.69) is 5.32 Å². The summed E-state index contributed by atoms with van der Waals surface area (Å²) in [7, 11) is -3.69. The monoisotopic (exact) mass is 524 g/mol. The lowest BCUT2D eigenvalue weighted by atomic mass is 9.81.